The minimum absolute atomic E-state index is 0.175. The Morgan fingerprint density at radius 3 is 2.67 bits per heavy atom. The number of ether oxygens (including phenoxy) is 2. The van der Waals surface area contributed by atoms with Crippen LogP contribution in [0, 0.1) is 5.92 Å². The second kappa shape index (κ2) is 7.90. The van der Waals surface area contributed by atoms with Crippen molar-refractivity contribution in [3.63, 3.8) is 0 Å². The molecule has 7 heteroatoms. The van der Waals surface area contributed by atoms with Crippen LogP contribution in [0.2, 0.25) is 10.0 Å². The average Bonchev–Trinajstić information content (AvgIpc) is 2.89. The van der Waals surface area contributed by atoms with Crippen LogP contribution in [0.1, 0.15) is 20.3 Å². The van der Waals surface area contributed by atoms with Gasteiger partial charge in [0.05, 0.1) is 18.7 Å². The van der Waals surface area contributed by atoms with E-state index in [1.54, 1.807) is 18.2 Å². The van der Waals surface area contributed by atoms with E-state index in [0.29, 0.717) is 23.0 Å². The van der Waals surface area contributed by atoms with Gasteiger partial charge in [-0.25, -0.2) is 4.79 Å². The quantitative estimate of drug-likeness (QED) is 0.715. The molecule has 0 fully saturated rings. The highest BCUT2D eigenvalue weighted by molar-refractivity contribution is 6.42. The second-order valence-electron chi connectivity index (χ2n) is 5.90. The maximum atomic E-state index is 12.3. The lowest BCUT2D eigenvalue weighted by atomic mass is 10.0. The molecule has 1 aromatic rings. The molecule has 0 spiro atoms. The van der Waals surface area contributed by atoms with Crippen LogP contribution in [0.5, 0.6) is 5.75 Å². The Kier molecular flexibility index (Phi) is 6.13. The monoisotopic (exact) mass is 371 g/mol. The molecule has 1 aliphatic heterocycles. The van der Waals surface area contributed by atoms with Gasteiger partial charge in [-0.2, -0.15) is 0 Å². The van der Waals surface area contributed by atoms with Crippen molar-refractivity contribution in [3.8, 4) is 5.75 Å². The zero-order valence-corrected chi connectivity index (χ0v) is 15.2. The molecular formula is C17H19Cl2NO4. The number of methoxy groups -OCH3 is 1. The van der Waals surface area contributed by atoms with Gasteiger partial charge in [-0.15, -0.1) is 0 Å². The third kappa shape index (κ3) is 4.22. The van der Waals surface area contributed by atoms with Crippen LogP contribution in [0.3, 0.4) is 0 Å². The number of esters is 1. The van der Waals surface area contributed by atoms with Crippen molar-refractivity contribution in [1.29, 1.82) is 0 Å². The highest BCUT2D eigenvalue weighted by Crippen LogP contribution is 2.33. The maximum Gasteiger partial charge on any atom is 0.328 e. The number of amides is 1. The van der Waals surface area contributed by atoms with Crippen molar-refractivity contribution in [1.82, 2.24) is 4.90 Å². The first-order valence-electron chi connectivity index (χ1n) is 7.54. The largest absolute Gasteiger partial charge is 0.467 e. The number of nitrogens with zero attached hydrogens (tertiary/aromatic N) is 1. The fraction of sp³-hybridized carbons (Fsp3) is 0.412. The summed E-state index contributed by atoms with van der Waals surface area (Å²) < 4.78 is 10.5. The van der Waals surface area contributed by atoms with Crippen LogP contribution >= 0.6 is 23.2 Å². The molecule has 0 aliphatic carbocycles. The first-order valence-corrected chi connectivity index (χ1v) is 8.30. The van der Waals surface area contributed by atoms with E-state index in [1.807, 2.05) is 13.8 Å². The summed E-state index contributed by atoms with van der Waals surface area (Å²) in [4.78, 5) is 25.7. The van der Waals surface area contributed by atoms with Crippen molar-refractivity contribution >= 4 is 35.1 Å². The standard InChI is InChI=1S/C17H19Cl2NO4/c1-10(2)7-13(17(22)23-3)20-9-11(8-15(20)21)24-14-6-4-5-12(18)16(14)19/h4-6,8,10,13H,7,9H2,1-3H3. The molecular weight excluding hydrogens is 353 g/mol. The summed E-state index contributed by atoms with van der Waals surface area (Å²) in [6, 6.07) is 4.37. The van der Waals surface area contributed by atoms with Gasteiger partial charge in [-0.3, -0.25) is 4.79 Å². The lowest BCUT2D eigenvalue weighted by Gasteiger charge is -2.27. The number of carbonyl (C=O) groups is 2. The van der Waals surface area contributed by atoms with E-state index in [9.17, 15) is 9.59 Å². The third-order valence-electron chi connectivity index (χ3n) is 3.60. The summed E-state index contributed by atoms with van der Waals surface area (Å²) in [5, 5.41) is 0.640. The predicted octanol–water partition coefficient (Wildman–Crippen LogP) is 3.69. The van der Waals surface area contributed by atoms with Crippen LogP contribution in [-0.2, 0) is 14.3 Å². The Morgan fingerprint density at radius 2 is 2.04 bits per heavy atom. The van der Waals surface area contributed by atoms with Gasteiger partial charge in [0.2, 0.25) is 0 Å². The summed E-state index contributed by atoms with van der Waals surface area (Å²) in [5.74, 6) is 0.270. The van der Waals surface area contributed by atoms with Crippen LogP contribution < -0.4 is 4.74 Å². The Bertz CT molecular complexity index is 673. The summed E-state index contributed by atoms with van der Waals surface area (Å²) in [6.07, 6.45) is 1.87. The maximum absolute atomic E-state index is 12.3. The van der Waals surface area contributed by atoms with E-state index in [2.05, 4.69) is 0 Å². The van der Waals surface area contributed by atoms with Crippen molar-refractivity contribution in [2.45, 2.75) is 26.3 Å². The normalized spacial score (nSPS) is 15.5. The molecule has 0 aromatic heterocycles. The molecule has 0 bridgehead atoms. The molecule has 1 atom stereocenters. The minimum Gasteiger partial charge on any atom is -0.467 e. The number of carbonyl (C=O) groups excluding carboxylic acids is 2. The topological polar surface area (TPSA) is 55.8 Å². The van der Waals surface area contributed by atoms with Gasteiger partial charge in [0.25, 0.3) is 5.91 Å². The summed E-state index contributed by atoms with van der Waals surface area (Å²) in [5.41, 5.74) is 0. The van der Waals surface area contributed by atoms with Crippen molar-refractivity contribution in [2.75, 3.05) is 13.7 Å². The van der Waals surface area contributed by atoms with E-state index in [1.165, 1.54) is 18.1 Å². The SMILES string of the molecule is COC(=O)C(CC(C)C)N1CC(Oc2cccc(Cl)c2Cl)=CC1=O. The predicted molar refractivity (Wildman–Crippen MR) is 92.1 cm³/mol. The first-order chi connectivity index (χ1) is 11.3. The minimum atomic E-state index is -0.644. The molecule has 0 radical (unpaired) electrons. The smallest absolute Gasteiger partial charge is 0.328 e. The van der Waals surface area contributed by atoms with E-state index in [0.717, 1.165) is 0 Å². The molecule has 1 unspecified atom stereocenters. The van der Waals surface area contributed by atoms with E-state index in [-0.39, 0.29) is 23.4 Å². The van der Waals surface area contributed by atoms with Crippen molar-refractivity contribution in [2.24, 2.45) is 5.92 Å². The van der Waals surface area contributed by atoms with Gasteiger partial charge in [0, 0.05) is 6.08 Å². The lowest BCUT2D eigenvalue weighted by molar-refractivity contribution is -0.151. The number of benzene rings is 1. The van der Waals surface area contributed by atoms with Crippen LogP contribution in [-0.4, -0.2) is 36.5 Å². The molecule has 24 heavy (non-hydrogen) atoms. The van der Waals surface area contributed by atoms with Crippen molar-refractivity contribution < 1.29 is 19.1 Å². The number of rotatable bonds is 6. The van der Waals surface area contributed by atoms with Gasteiger partial charge in [-0.1, -0.05) is 43.1 Å². The van der Waals surface area contributed by atoms with Crippen LogP contribution in [0.25, 0.3) is 0 Å². The molecule has 0 saturated carbocycles. The average molecular weight is 372 g/mol. The molecule has 5 nitrogen and oxygen atoms in total. The highest BCUT2D eigenvalue weighted by atomic mass is 35.5. The second-order valence-corrected chi connectivity index (χ2v) is 6.68. The molecule has 1 aromatic carbocycles. The van der Waals surface area contributed by atoms with Gasteiger partial charge >= 0.3 is 5.97 Å². The van der Waals surface area contributed by atoms with Crippen LogP contribution in [0.4, 0.5) is 0 Å². The Morgan fingerprint density at radius 1 is 1.33 bits per heavy atom. The molecule has 2 rings (SSSR count). The van der Waals surface area contributed by atoms with Gasteiger partial charge in [0.15, 0.2) is 0 Å². The van der Waals surface area contributed by atoms with E-state index >= 15 is 0 Å². The Labute approximate surface area is 151 Å². The van der Waals surface area contributed by atoms with E-state index < -0.39 is 12.0 Å². The van der Waals surface area contributed by atoms with Gasteiger partial charge in [0.1, 0.15) is 22.6 Å². The Hall–Kier alpha value is -1.72. The van der Waals surface area contributed by atoms with Gasteiger partial charge < -0.3 is 14.4 Å². The van der Waals surface area contributed by atoms with E-state index in [4.69, 9.17) is 32.7 Å². The summed E-state index contributed by atoms with van der Waals surface area (Å²) in [7, 11) is 1.31. The fourth-order valence-corrected chi connectivity index (χ4v) is 2.81. The zero-order valence-electron chi connectivity index (χ0n) is 13.7. The lowest BCUT2D eigenvalue weighted by Crippen LogP contribution is -2.44. The third-order valence-corrected chi connectivity index (χ3v) is 4.40. The molecule has 1 amide bonds. The number of hydrogen-bond donors (Lipinski definition) is 0. The van der Waals surface area contributed by atoms with Gasteiger partial charge in [-0.05, 0) is 24.5 Å². The number of halogens is 2. The summed E-state index contributed by atoms with van der Waals surface area (Å²) >= 11 is 12.0. The molecule has 0 N–H and O–H groups in total. The first kappa shape index (κ1) is 18.6. The molecule has 130 valence electrons. The zero-order chi connectivity index (χ0) is 17.9. The Balaban J connectivity index is 2.14. The fourth-order valence-electron chi connectivity index (χ4n) is 2.47. The van der Waals surface area contributed by atoms with Crippen LogP contribution in [0.15, 0.2) is 30.0 Å². The highest BCUT2D eigenvalue weighted by Gasteiger charge is 2.35. The van der Waals surface area contributed by atoms with Crippen molar-refractivity contribution in [3.05, 3.63) is 40.1 Å². The number of hydrogen-bond acceptors (Lipinski definition) is 4. The molecule has 1 heterocycles. The summed E-state index contributed by atoms with van der Waals surface area (Å²) in [6.45, 7) is 4.13. The molecule has 1 aliphatic rings. The molecule has 0 saturated heterocycles.